The third-order valence-electron chi connectivity index (χ3n) is 9.22. The summed E-state index contributed by atoms with van der Waals surface area (Å²) in [5.74, 6) is 0.387. The van der Waals surface area contributed by atoms with E-state index in [-0.39, 0.29) is 43.8 Å². The summed E-state index contributed by atoms with van der Waals surface area (Å²) in [6.07, 6.45) is 53.0. The van der Waals surface area contributed by atoms with Crippen LogP contribution in [0.15, 0.2) is 109 Å². The molecule has 0 spiro atoms. The Kier molecular flexibility index (Phi) is 42.1. The smallest absolute Gasteiger partial charge is 0.305 e. The van der Waals surface area contributed by atoms with Crippen LogP contribution in [-0.4, -0.2) is 72.6 Å². The number of unbranched alkanes of at least 4 members (excludes halogenated alkanes) is 4. The predicted octanol–water partition coefficient (Wildman–Crippen LogP) is 11.7. The SMILES string of the molecule is CC/C=C\C/C=C\C/C=C\C/C=C\C/C=C\CCCC(=O)NCCSSCCNC(=O)CCNC(=O)[C@H](O)C(C)(C)COC(=O)CCC/C=C/CCC/C=C\C/C=C\C/C=C\CC. The maximum Gasteiger partial charge on any atom is 0.305 e. The molecule has 0 rings (SSSR count). The van der Waals surface area contributed by atoms with E-state index in [1.165, 1.54) is 0 Å². The van der Waals surface area contributed by atoms with Gasteiger partial charge in [0.2, 0.25) is 17.7 Å². The molecule has 0 fully saturated rings. The highest BCUT2D eigenvalue weighted by Gasteiger charge is 2.35. The molecule has 0 heterocycles. The highest BCUT2D eigenvalue weighted by atomic mass is 33.1. The van der Waals surface area contributed by atoms with Gasteiger partial charge in [0, 0.05) is 55.8 Å². The average molecular weight is 910 g/mol. The molecule has 63 heavy (non-hydrogen) atoms. The molecule has 0 aromatic heterocycles. The lowest BCUT2D eigenvalue weighted by Crippen LogP contribution is -2.47. The number of esters is 1. The molecule has 0 aliphatic carbocycles. The van der Waals surface area contributed by atoms with Crippen LogP contribution in [0.2, 0.25) is 0 Å². The summed E-state index contributed by atoms with van der Waals surface area (Å²) in [6, 6.07) is 0. The van der Waals surface area contributed by atoms with Gasteiger partial charge < -0.3 is 25.8 Å². The molecule has 354 valence electrons. The minimum atomic E-state index is -1.40. The minimum Gasteiger partial charge on any atom is -0.465 e. The van der Waals surface area contributed by atoms with Crippen LogP contribution in [0.3, 0.4) is 0 Å². The van der Waals surface area contributed by atoms with Crippen LogP contribution in [0.1, 0.15) is 143 Å². The second-order valence-electron chi connectivity index (χ2n) is 15.6. The van der Waals surface area contributed by atoms with Gasteiger partial charge in [-0.15, -0.1) is 0 Å². The fourth-order valence-corrected chi connectivity index (χ4v) is 7.27. The number of allylic oxidation sites excluding steroid dienone is 18. The summed E-state index contributed by atoms with van der Waals surface area (Å²) in [5.41, 5.74) is -0.992. The molecular weight excluding hydrogens is 827 g/mol. The Morgan fingerprint density at radius 3 is 1.35 bits per heavy atom. The number of hydrogen-bond donors (Lipinski definition) is 4. The summed E-state index contributed by atoms with van der Waals surface area (Å²) in [7, 11) is 3.27. The number of amides is 3. The summed E-state index contributed by atoms with van der Waals surface area (Å²) < 4.78 is 5.38. The third kappa shape index (κ3) is 41.9. The van der Waals surface area contributed by atoms with E-state index in [0.717, 1.165) is 95.6 Å². The fourth-order valence-electron chi connectivity index (χ4n) is 5.46. The molecule has 0 unspecified atom stereocenters. The first-order valence-electron chi connectivity index (χ1n) is 23.4. The summed E-state index contributed by atoms with van der Waals surface area (Å²) in [5, 5.41) is 19.0. The van der Waals surface area contributed by atoms with Gasteiger partial charge in [0.05, 0.1) is 6.61 Å². The molecule has 9 nitrogen and oxygen atoms in total. The van der Waals surface area contributed by atoms with Crippen LogP contribution in [0, 0.1) is 5.41 Å². The van der Waals surface area contributed by atoms with Crippen molar-refractivity contribution in [2.24, 2.45) is 5.41 Å². The van der Waals surface area contributed by atoms with Gasteiger partial charge in [0.15, 0.2) is 0 Å². The molecule has 1 atom stereocenters. The molecule has 0 aromatic rings. The van der Waals surface area contributed by atoms with Crippen molar-refractivity contribution in [3.63, 3.8) is 0 Å². The van der Waals surface area contributed by atoms with Gasteiger partial charge in [0.25, 0.3) is 0 Å². The Labute approximate surface area is 390 Å². The van der Waals surface area contributed by atoms with E-state index in [9.17, 15) is 24.3 Å². The first-order valence-corrected chi connectivity index (χ1v) is 25.9. The molecule has 0 bridgehead atoms. The molecule has 0 aliphatic rings. The zero-order valence-electron chi connectivity index (χ0n) is 39.2. The molecule has 0 aromatic carbocycles. The molecule has 0 aliphatic heterocycles. The van der Waals surface area contributed by atoms with Crippen LogP contribution >= 0.6 is 21.6 Å². The second-order valence-corrected chi connectivity index (χ2v) is 18.3. The van der Waals surface area contributed by atoms with E-state index < -0.39 is 17.4 Å². The molecule has 3 amide bonds. The van der Waals surface area contributed by atoms with Crippen molar-refractivity contribution in [1.82, 2.24) is 16.0 Å². The van der Waals surface area contributed by atoms with E-state index in [2.05, 4.69) is 139 Å². The van der Waals surface area contributed by atoms with E-state index in [1.54, 1.807) is 35.4 Å². The molecule has 0 radical (unpaired) electrons. The highest BCUT2D eigenvalue weighted by Crippen LogP contribution is 2.22. The minimum absolute atomic E-state index is 0.0671. The van der Waals surface area contributed by atoms with Gasteiger partial charge in [-0.05, 0) is 96.3 Å². The van der Waals surface area contributed by atoms with Crippen molar-refractivity contribution in [3.8, 4) is 0 Å². The van der Waals surface area contributed by atoms with Gasteiger partial charge in [0.1, 0.15) is 6.10 Å². The lowest BCUT2D eigenvalue weighted by atomic mass is 9.87. The van der Waals surface area contributed by atoms with Gasteiger partial charge in [-0.3, -0.25) is 19.2 Å². The van der Waals surface area contributed by atoms with Crippen LogP contribution < -0.4 is 16.0 Å². The topological polar surface area (TPSA) is 134 Å². The number of aliphatic hydroxyl groups is 1. The van der Waals surface area contributed by atoms with Crippen molar-refractivity contribution in [2.75, 3.05) is 37.7 Å². The summed E-state index contributed by atoms with van der Waals surface area (Å²) in [4.78, 5) is 49.2. The van der Waals surface area contributed by atoms with Gasteiger partial charge in [-0.2, -0.15) is 0 Å². The van der Waals surface area contributed by atoms with Crippen LogP contribution in [-0.2, 0) is 23.9 Å². The standard InChI is InChI=1S/C52H83N3O6S2/c1-5-7-9-11-13-15-17-19-21-23-24-26-28-30-32-34-36-38-47(56)53-42-44-62-63-45-43-54-48(57)40-41-55-51(60)50(59)52(3,4)46-61-49(58)39-37-35-33-31-29-27-25-22-20-18-16-14-12-10-8-6-2/h7-10,13-16,19-22,24,26,30-33,50,59H,5-6,11-12,17-18,23,25,27-29,34-46H2,1-4H3,(H,53,56)(H,54,57)(H,55,60)/b9-7-,10-8-,15-13-,16-14-,21-19-,22-20-,26-24-,32-30-,33-31+/t50-/m0/s1. The molecular formula is C52H83N3O6S2. The van der Waals surface area contributed by atoms with Crippen molar-refractivity contribution >= 4 is 45.3 Å². The highest BCUT2D eigenvalue weighted by molar-refractivity contribution is 8.76. The van der Waals surface area contributed by atoms with Crippen molar-refractivity contribution in [2.45, 2.75) is 149 Å². The van der Waals surface area contributed by atoms with Gasteiger partial charge in [-0.25, -0.2) is 0 Å². The maximum atomic E-state index is 12.6. The number of ether oxygens (including phenoxy) is 1. The maximum absolute atomic E-state index is 12.6. The number of nitrogens with one attached hydrogen (secondary N) is 3. The van der Waals surface area contributed by atoms with Crippen LogP contribution in [0.25, 0.3) is 0 Å². The Bertz CT molecular complexity index is 1460. The normalized spacial score (nSPS) is 13.2. The van der Waals surface area contributed by atoms with E-state index >= 15 is 0 Å². The van der Waals surface area contributed by atoms with Gasteiger partial charge in [-0.1, -0.05) is 159 Å². The van der Waals surface area contributed by atoms with Crippen molar-refractivity contribution in [1.29, 1.82) is 0 Å². The van der Waals surface area contributed by atoms with Crippen LogP contribution in [0.4, 0.5) is 0 Å². The average Bonchev–Trinajstić information content (AvgIpc) is 3.27. The largest absolute Gasteiger partial charge is 0.465 e. The first-order chi connectivity index (χ1) is 30.6. The Balaban J connectivity index is 3.83. The number of hydrogen-bond acceptors (Lipinski definition) is 8. The second kappa shape index (κ2) is 44.8. The fraction of sp³-hybridized carbons (Fsp3) is 0.577. The zero-order chi connectivity index (χ0) is 46.3. The summed E-state index contributed by atoms with van der Waals surface area (Å²) in [6.45, 7) is 8.69. The van der Waals surface area contributed by atoms with Gasteiger partial charge >= 0.3 is 5.97 Å². The zero-order valence-corrected chi connectivity index (χ0v) is 40.9. The van der Waals surface area contributed by atoms with E-state index in [0.29, 0.717) is 31.7 Å². The van der Waals surface area contributed by atoms with E-state index in [4.69, 9.17) is 4.74 Å². The van der Waals surface area contributed by atoms with E-state index in [1.807, 2.05) is 0 Å². The Hall–Kier alpha value is -3.80. The monoisotopic (exact) mass is 910 g/mol. The number of rotatable bonds is 40. The Morgan fingerprint density at radius 1 is 0.508 bits per heavy atom. The quantitative estimate of drug-likeness (QED) is 0.0207. The lowest BCUT2D eigenvalue weighted by Gasteiger charge is -2.29. The molecule has 11 heteroatoms. The summed E-state index contributed by atoms with van der Waals surface area (Å²) >= 11 is 0. The Morgan fingerprint density at radius 2 is 0.889 bits per heavy atom. The predicted molar refractivity (Wildman–Crippen MR) is 271 cm³/mol. The molecule has 0 saturated heterocycles. The number of carbonyl (C=O) groups is 4. The number of aliphatic hydroxyl groups excluding tert-OH is 1. The van der Waals surface area contributed by atoms with Crippen molar-refractivity contribution < 1.29 is 29.0 Å². The molecule has 4 N–H and O–H groups in total. The third-order valence-corrected chi connectivity index (χ3v) is 11.6. The number of carbonyl (C=O) groups excluding carboxylic acids is 4. The lowest BCUT2D eigenvalue weighted by molar-refractivity contribution is -0.153. The van der Waals surface area contributed by atoms with Crippen molar-refractivity contribution in [3.05, 3.63) is 109 Å². The molecule has 0 saturated carbocycles. The van der Waals surface area contributed by atoms with Crippen LogP contribution in [0.5, 0.6) is 0 Å². The first kappa shape index (κ1) is 59.2.